The van der Waals surface area contributed by atoms with E-state index in [1.54, 1.807) is 0 Å². The predicted octanol–water partition coefficient (Wildman–Crippen LogP) is 3.73. The average Bonchev–Trinajstić information content (AvgIpc) is 2.04. The highest BCUT2D eigenvalue weighted by Crippen LogP contribution is 2.73. The molecule has 0 heterocycles. The Bertz CT molecular complexity index is 92.6. The Kier molecular flexibility index (Phi) is 7.08. The Balaban J connectivity index is 3.96. The van der Waals surface area contributed by atoms with Crippen LogP contribution in [0, 0.1) is 0 Å². The smallest absolute Gasteiger partial charge is 0.193 e. The van der Waals surface area contributed by atoms with Gasteiger partial charge in [-0.15, -0.1) is 0 Å². The van der Waals surface area contributed by atoms with Crippen molar-refractivity contribution in [2.75, 3.05) is 19.4 Å². The highest BCUT2D eigenvalue weighted by Gasteiger charge is 2.41. The van der Waals surface area contributed by atoms with Crippen LogP contribution in [0.2, 0.25) is 0 Å². The van der Waals surface area contributed by atoms with Gasteiger partial charge in [0.05, 0.1) is 13.2 Å². The van der Waals surface area contributed by atoms with Gasteiger partial charge in [0.1, 0.15) is 6.16 Å². The van der Waals surface area contributed by atoms with Crippen molar-refractivity contribution < 1.29 is 9.05 Å². The topological polar surface area (TPSA) is 18.5 Å². The molecule has 0 radical (unpaired) electrons. The van der Waals surface area contributed by atoms with E-state index in [0.29, 0.717) is 13.2 Å². The average molecular weight is 218 g/mol. The van der Waals surface area contributed by atoms with Crippen LogP contribution >= 0.6 is 28.2 Å². The summed E-state index contributed by atoms with van der Waals surface area (Å²) in [6, 6.07) is 0. The van der Waals surface area contributed by atoms with Crippen molar-refractivity contribution in [3.63, 3.8) is 0 Å². The lowest BCUT2D eigenvalue weighted by Crippen LogP contribution is -2.00. The molecule has 11 heavy (non-hydrogen) atoms. The summed E-state index contributed by atoms with van der Waals surface area (Å²) in [6.07, 6.45) is 0.864. The zero-order valence-corrected chi connectivity index (χ0v) is 9.64. The number of hydrogen-bond acceptors (Lipinski definition) is 3. The zero-order chi connectivity index (χ0) is 8.74. The maximum absolute atomic E-state index is 5.70. The molecule has 0 amide bonds. The first-order valence-electron chi connectivity index (χ1n) is 3.72. The SMILES string of the molecule is CCO[P+](CC)(OCC)SCl. The summed E-state index contributed by atoms with van der Waals surface area (Å²) in [5.41, 5.74) is 0. The summed E-state index contributed by atoms with van der Waals surface area (Å²) in [5, 5.41) is 0. The normalized spacial score (nSPS) is 12.0. The van der Waals surface area contributed by atoms with Gasteiger partial charge in [-0.25, -0.2) is 0 Å². The molecule has 0 saturated heterocycles. The van der Waals surface area contributed by atoms with E-state index in [1.165, 1.54) is 10.6 Å². The third kappa shape index (κ3) is 3.95. The quantitative estimate of drug-likeness (QED) is 0.632. The Morgan fingerprint density at radius 2 is 1.64 bits per heavy atom. The fourth-order valence-corrected chi connectivity index (χ4v) is 4.87. The molecule has 0 atom stereocenters. The van der Waals surface area contributed by atoms with Crippen molar-refractivity contribution >= 4 is 28.2 Å². The molecule has 0 unspecified atom stereocenters. The van der Waals surface area contributed by atoms with Crippen LogP contribution in [0.3, 0.4) is 0 Å². The minimum atomic E-state index is -1.78. The second-order valence-corrected chi connectivity index (χ2v) is 7.67. The molecular weight excluding hydrogens is 203 g/mol. The number of halogens is 1. The fourth-order valence-electron chi connectivity index (χ4n) is 0.702. The molecule has 0 aliphatic rings. The molecule has 0 saturated carbocycles. The summed E-state index contributed by atoms with van der Waals surface area (Å²) >= 11 is 0. The van der Waals surface area contributed by atoms with Gasteiger partial charge < -0.3 is 0 Å². The van der Waals surface area contributed by atoms with E-state index in [1.807, 2.05) is 20.8 Å². The molecule has 0 fully saturated rings. The largest absolute Gasteiger partial charge is 0.348 e. The van der Waals surface area contributed by atoms with Crippen LogP contribution < -0.4 is 0 Å². The molecular formula is C6H15ClO2PS+. The van der Waals surface area contributed by atoms with Gasteiger partial charge in [-0.3, -0.25) is 0 Å². The molecule has 0 aliphatic heterocycles. The molecule has 2 nitrogen and oxygen atoms in total. The van der Waals surface area contributed by atoms with Crippen LogP contribution in [0.4, 0.5) is 0 Å². The van der Waals surface area contributed by atoms with E-state index in [4.69, 9.17) is 19.7 Å². The standard InChI is InChI=1S/C6H15ClO2PS/c1-4-8-10(6-3,11-7)9-5-2/h4-6H2,1-3H3/q+1. The highest BCUT2D eigenvalue weighted by molar-refractivity contribution is 8.69. The third-order valence-electron chi connectivity index (χ3n) is 1.14. The predicted molar refractivity (Wildman–Crippen MR) is 54.2 cm³/mol. The molecule has 0 rings (SSSR count). The number of rotatable bonds is 6. The van der Waals surface area contributed by atoms with Crippen molar-refractivity contribution in [3.05, 3.63) is 0 Å². The summed E-state index contributed by atoms with van der Waals surface area (Å²) in [4.78, 5) is 0. The van der Waals surface area contributed by atoms with Gasteiger partial charge in [-0.2, -0.15) is 9.05 Å². The zero-order valence-electron chi connectivity index (χ0n) is 7.17. The van der Waals surface area contributed by atoms with E-state index < -0.39 is 6.92 Å². The Morgan fingerprint density at radius 3 is 1.82 bits per heavy atom. The first-order chi connectivity index (χ1) is 5.24. The van der Waals surface area contributed by atoms with Gasteiger partial charge in [0.25, 0.3) is 0 Å². The monoisotopic (exact) mass is 217 g/mol. The van der Waals surface area contributed by atoms with Crippen LogP contribution in [0.15, 0.2) is 0 Å². The van der Waals surface area contributed by atoms with E-state index in [0.717, 1.165) is 6.16 Å². The Hall–Kier alpha value is 0.990. The van der Waals surface area contributed by atoms with Crippen molar-refractivity contribution in [1.82, 2.24) is 0 Å². The van der Waals surface area contributed by atoms with Gasteiger partial charge >= 0.3 is 6.92 Å². The van der Waals surface area contributed by atoms with Crippen molar-refractivity contribution in [2.24, 2.45) is 0 Å². The molecule has 0 aromatic heterocycles. The second kappa shape index (κ2) is 6.50. The molecule has 0 aromatic carbocycles. The maximum atomic E-state index is 5.70. The maximum Gasteiger partial charge on any atom is 0.348 e. The second-order valence-electron chi connectivity index (χ2n) is 1.83. The lowest BCUT2D eigenvalue weighted by atomic mass is 10.9. The van der Waals surface area contributed by atoms with Crippen LogP contribution in [0.5, 0.6) is 0 Å². The summed E-state index contributed by atoms with van der Waals surface area (Å²) in [6.45, 7) is 5.51. The minimum Gasteiger partial charge on any atom is -0.193 e. The summed E-state index contributed by atoms with van der Waals surface area (Å²) in [7, 11) is 6.90. The Morgan fingerprint density at radius 1 is 1.18 bits per heavy atom. The van der Waals surface area contributed by atoms with Gasteiger partial charge in [-0.1, -0.05) is 0 Å². The van der Waals surface area contributed by atoms with Crippen molar-refractivity contribution in [2.45, 2.75) is 20.8 Å². The summed E-state index contributed by atoms with van der Waals surface area (Å²) in [5.74, 6) is 0. The van der Waals surface area contributed by atoms with Gasteiger partial charge in [-0.05, 0) is 20.8 Å². The van der Waals surface area contributed by atoms with E-state index >= 15 is 0 Å². The fraction of sp³-hybridized carbons (Fsp3) is 1.00. The van der Waals surface area contributed by atoms with Crippen LogP contribution in [0.1, 0.15) is 20.8 Å². The lowest BCUT2D eigenvalue weighted by molar-refractivity contribution is 0.265. The molecule has 0 aromatic rings. The van der Waals surface area contributed by atoms with Crippen LogP contribution in [-0.2, 0) is 9.05 Å². The Labute approximate surface area is 77.7 Å². The highest BCUT2D eigenvalue weighted by atomic mass is 35.7. The first kappa shape index (κ1) is 12.0. The van der Waals surface area contributed by atoms with Gasteiger partial charge in [0.15, 0.2) is 10.6 Å². The summed E-state index contributed by atoms with van der Waals surface area (Å²) < 4.78 is 11.0. The van der Waals surface area contributed by atoms with E-state index in [9.17, 15) is 0 Å². The molecule has 0 N–H and O–H groups in total. The minimum absolute atomic E-state index is 0.668. The van der Waals surface area contributed by atoms with Crippen LogP contribution in [0.25, 0.3) is 0 Å². The van der Waals surface area contributed by atoms with Crippen molar-refractivity contribution in [3.8, 4) is 0 Å². The van der Waals surface area contributed by atoms with Crippen molar-refractivity contribution in [1.29, 1.82) is 0 Å². The third-order valence-corrected chi connectivity index (χ3v) is 7.36. The van der Waals surface area contributed by atoms with Gasteiger partial charge in [0.2, 0.25) is 0 Å². The number of hydrogen-bond donors (Lipinski definition) is 0. The molecule has 5 heteroatoms. The lowest BCUT2D eigenvalue weighted by Gasteiger charge is -2.16. The van der Waals surface area contributed by atoms with Gasteiger partial charge in [0, 0.05) is 10.7 Å². The first-order valence-corrected chi connectivity index (χ1v) is 7.77. The van der Waals surface area contributed by atoms with E-state index in [2.05, 4.69) is 0 Å². The van der Waals surface area contributed by atoms with E-state index in [-0.39, 0.29) is 0 Å². The van der Waals surface area contributed by atoms with Crippen LogP contribution in [-0.4, -0.2) is 19.4 Å². The molecule has 68 valence electrons. The molecule has 0 bridgehead atoms. The molecule has 0 spiro atoms. The molecule has 0 aliphatic carbocycles.